The quantitative estimate of drug-likeness (QED) is 0.755. The molecule has 0 spiro atoms. The maximum Gasteiger partial charge on any atom is 0.319 e. The number of carboxylic acid groups (broad SMARTS) is 1. The summed E-state index contributed by atoms with van der Waals surface area (Å²) in [5.41, 5.74) is 0.382. The van der Waals surface area contributed by atoms with Gasteiger partial charge in [-0.05, 0) is 30.5 Å². The van der Waals surface area contributed by atoms with Crippen LogP contribution in [0.5, 0.6) is 0 Å². The average Bonchev–Trinajstić information content (AvgIpc) is 2.38. The molecule has 0 aromatic heterocycles. The normalized spacial score (nSPS) is 11.8. The summed E-state index contributed by atoms with van der Waals surface area (Å²) in [6.07, 6.45) is 0.552. The summed E-state index contributed by atoms with van der Waals surface area (Å²) in [6, 6.07) is 3.42. The van der Waals surface area contributed by atoms with Crippen LogP contribution in [-0.4, -0.2) is 23.7 Å². The van der Waals surface area contributed by atoms with Gasteiger partial charge >= 0.3 is 12.0 Å². The van der Waals surface area contributed by atoms with Crippen molar-refractivity contribution >= 4 is 29.3 Å². The van der Waals surface area contributed by atoms with Crippen molar-refractivity contribution in [2.75, 3.05) is 11.9 Å². The van der Waals surface area contributed by atoms with Gasteiger partial charge in [-0.2, -0.15) is 0 Å². The summed E-state index contributed by atoms with van der Waals surface area (Å²) in [5.74, 6) is -1.36. The molecule has 1 rings (SSSR count). The highest BCUT2D eigenvalue weighted by Gasteiger charge is 2.08. The molecule has 0 aliphatic heterocycles. The average molecular weight is 303 g/mol. The molecule has 3 N–H and O–H groups in total. The molecule has 0 saturated carbocycles. The van der Waals surface area contributed by atoms with E-state index in [1.165, 1.54) is 12.1 Å². The molecule has 0 bridgehead atoms. The summed E-state index contributed by atoms with van der Waals surface area (Å²) < 4.78 is 12.9. The van der Waals surface area contributed by atoms with Gasteiger partial charge in [0.1, 0.15) is 5.82 Å². The Balaban J connectivity index is 2.36. The molecule has 20 heavy (non-hydrogen) atoms. The molecule has 1 aromatic rings. The zero-order chi connectivity index (χ0) is 15.1. The fourth-order valence-electron chi connectivity index (χ4n) is 1.49. The molecule has 0 fully saturated rings. The van der Waals surface area contributed by atoms with Gasteiger partial charge in [-0.15, -0.1) is 0 Å². The number of anilines is 1. The fourth-order valence-corrected chi connectivity index (χ4v) is 1.67. The molecule has 0 aliphatic rings. The fraction of sp³-hybridized carbons (Fsp3) is 0.385. The number of nitrogens with one attached hydrogen (secondary N) is 2. The van der Waals surface area contributed by atoms with E-state index >= 15 is 0 Å². The van der Waals surface area contributed by atoms with Crippen LogP contribution in [0.25, 0.3) is 0 Å². The van der Waals surface area contributed by atoms with Crippen LogP contribution in [-0.2, 0) is 4.79 Å². The van der Waals surface area contributed by atoms with E-state index in [0.29, 0.717) is 18.7 Å². The van der Waals surface area contributed by atoms with Crippen LogP contribution >= 0.6 is 11.6 Å². The summed E-state index contributed by atoms with van der Waals surface area (Å²) in [4.78, 5) is 22.0. The monoisotopic (exact) mass is 302 g/mol. The molecule has 7 heteroatoms. The highest BCUT2D eigenvalue weighted by molar-refractivity contribution is 6.31. The molecule has 0 aliphatic carbocycles. The molecule has 2 amide bonds. The largest absolute Gasteiger partial charge is 0.481 e. The SMILES string of the molecule is CC(CCC(=O)O)CNC(=O)Nc1ccc(F)c(Cl)c1. The lowest BCUT2D eigenvalue weighted by molar-refractivity contribution is -0.137. The van der Waals surface area contributed by atoms with Crippen LogP contribution in [0.1, 0.15) is 19.8 Å². The second-order valence-corrected chi connectivity index (χ2v) is 4.91. The predicted molar refractivity (Wildman–Crippen MR) is 74.5 cm³/mol. The van der Waals surface area contributed by atoms with E-state index in [2.05, 4.69) is 10.6 Å². The van der Waals surface area contributed by atoms with Gasteiger partial charge in [0.05, 0.1) is 5.02 Å². The van der Waals surface area contributed by atoms with Gasteiger partial charge < -0.3 is 15.7 Å². The highest BCUT2D eigenvalue weighted by atomic mass is 35.5. The Morgan fingerprint density at radius 3 is 2.75 bits per heavy atom. The minimum Gasteiger partial charge on any atom is -0.481 e. The third kappa shape index (κ3) is 5.88. The number of carbonyl (C=O) groups excluding carboxylic acids is 1. The second kappa shape index (κ2) is 7.69. The van der Waals surface area contributed by atoms with Crippen molar-refractivity contribution in [1.29, 1.82) is 0 Å². The van der Waals surface area contributed by atoms with Crippen molar-refractivity contribution in [3.63, 3.8) is 0 Å². The molecular formula is C13H16ClFN2O3. The maximum atomic E-state index is 12.9. The van der Waals surface area contributed by atoms with Crippen molar-refractivity contribution in [3.05, 3.63) is 29.0 Å². The summed E-state index contributed by atoms with van der Waals surface area (Å²) in [5, 5.41) is 13.6. The number of aliphatic carboxylic acids is 1. The molecule has 1 unspecified atom stereocenters. The molecule has 110 valence electrons. The first kappa shape index (κ1) is 16.2. The number of hydrogen-bond acceptors (Lipinski definition) is 2. The number of benzene rings is 1. The Morgan fingerprint density at radius 2 is 2.15 bits per heavy atom. The van der Waals surface area contributed by atoms with Gasteiger partial charge in [0.15, 0.2) is 0 Å². The van der Waals surface area contributed by atoms with Gasteiger partial charge in [-0.3, -0.25) is 4.79 Å². The van der Waals surface area contributed by atoms with Gasteiger partial charge in [0.2, 0.25) is 0 Å². The Hall–Kier alpha value is -1.82. The van der Waals surface area contributed by atoms with Crippen molar-refractivity contribution in [2.24, 2.45) is 5.92 Å². The predicted octanol–water partition coefficient (Wildman–Crippen LogP) is 3.10. The van der Waals surface area contributed by atoms with Crippen LogP contribution in [0.15, 0.2) is 18.2 Å². The van der Waals surface area contributed by atoms with Crippen LogP contribution in [0.2, 0.25) is 5.02 Å². The number of carbonyl (C=O) groups is 2. The third-order valence-corrected chi connectivity index (χ3v) is 2.93. The van der Waals surface area contributed by atoms with Gasteiger partial charge in [-0.25, -0.2) is 9.18 Å². The maximum absolute atomic E-state index is 12.9. The lowest BCUT2D eigenvalue weighted by atomic mass is 10.1. The Bertz CT molecular complexity index is 497. The van der Waals surface area contributed by atoms with Crippen LogP contribution in [0.4, 0.5) is 14.9 Å². The molecule has 1 atom stereocenters. The molecule has 0 heterocycles. The van der Waals surface area contributed by atoms with E-state index < -0.39 is 17.8 Å². The standard InChI is InChI=1S/C13H16ClFN2O3/c1-8(2-5-12(18)19)7-16-13(20)17-9-3-4-11(15)10(14)6-9/h3-4,6,8H,2,5,7H2,1H3,(H,18,19)(H2,16,17,20). The number of carboxylic acids is 1. The highest BCUT2D eigenvalue weighted by Crippen LogP contribution is 2.19. The Morgan fingerprint density at radius 1 is 1.45 bits per heavy atom. The minimum absolute atomic E-state index is 0.0497. The Labute approximate surface area is 121 Å². The van der Waals surface area contributed by atoms with Crippen molar-refractivity contribution in [3.8, 4) is 0 Å². The number of halogens is 2. The van der Waals surface area contributed by atoms with Gasteiger partial charge in [0, 0.05) is 18.7 Å². The molecule has 0 radical (unpaired) electrons. The van der Waals surface area contributed by atoms with Crippen molar-refractivity contribution < 1.29 is 19.1 Å². The van der Waals surface area contributed by atoms with Crippen molar-refractivity contribution in [2.45, 2.75) is 19.8 Å². The summed E-state index contributed by atoms with van der Waals surface area (Å²) >= 11 is 5.59. The van der Waals surface area contributed by atoms with Gasteiger partial charge in [0.25, 0.3) is 0 Å². The van der Waals surface area contributed by atoms with E-state index in [0.717, 1.165) is 6.07 Å². The lowest BCUT2D eigenvalue weighted by Gasteiger charge is -2.12. The molecule has 1 aromatic carbocycles. The zero-order valence-corrected chi connectivity index (χ0v) is 11.7. The van der Waals surface area contributed by atoms with E-state index in [4.69, 9.17) is 16.7 Å². The van der Waals surface area contributed by atoms with E-state index in [-0.39, 0.29) is 17.4 Å². The zero-order valence-electron chi connectivity index (χ0n) is 11.0. The minimum atomic E-state index is -0.859. The lowest BCUT2D eigenvalue weighted by Crippen LogP contribution is -2.32. The van der Waals surface area contributed by atoms with E-state index in [1.807, 2.05) is 6.92 Å². The first-order valence-corrected chi connectivity index (χ1v) is 6.48. The number of rotatable bonds is 6. The molecule has 0 saturated heterocycles. The summed E-state index contributed by atoms with van der Waals surface area (Å²) in [6.45, 7) is 2.20. The van der Waals surface area contributed by atoms with Crippen molar-refractivity contribution in [1.82, 2.24) is 5.32 Å². The third-order valence-electron chi connectivity index (χ3n) is 2.64. The molecule has 5 nitrogen and oxygen atoms in total. The van der Waals surface area contributed by atoms with E-state index in [1.54, 1.807) is 0 Å². The number of amides is 2. The number of urea groups is 1. The van der Waals surface area contributed by atoms with Gasteiger partial charge in [-0.1, -0.05) is 18.5 Å². The second-order valence-electron chi connectivity index (χ2n) is 4.50. The van der Waals surface area contributed by atoms with Crippen LogP contribution in [0, 0.1) is 11.7 Å². The molecular weight excluding hydrogens is 287 g/mol. The first-order chi connectivity index (χ1) is 9.38. The Kier molecular flexibility index (Phi) is 6.24. The topological polar surface area (TPSA) is 78.4 Å². The van der Waals surface area contributed by atoms with E-state index in [9.17, 15) is 14.0 Å². The first-order valence-electron chi connectivity index (χ1n) is 6.10. The summed E-state index contributed by atoms with van der Waals surface area (Å²) in [7, 11) is 0. The smallest absolute Gasteiger partial charge is 0.319 e. The van der Waals surface area contributed by atoms with Crippen LogP contribution < -0.4 is 10.6 Å². The number of hydrogen-bond donors (Lipinski definition) is 3. The van der Waals surface area contributed by atoms with Crippen LogP contribution in [0.3, 0.4) is 0 Å².